The molecule has 27 heavy (non-hydrogen) atoms. The lowest BCUT2D eigenvalue weighted by Gasteiger charge is -2.50. The molecule has 3 aliphatic heterocycles. The zero-order chi connectivity index (χ0) is 19.1. The molecular formula is C22H26N2O3. The van der Waals surface area contributed by atoms with Crippen molar-refractivity contribution in [2.24, 2.45) is 11.8 Å². The molecule has 3 saturated heterocycles. The molecular weight excluding hydrogens is 340 g/mol. The minimum absolute atomic E-state index is 0.0524. The molecule has 2 bridgehead atoms. The van der Waals surface area contributed by atoms with Gasteiger partial charge in [-0.1, -0.05) is 6.08 Å². The summed E-state index contributed by atoms with van der Waals surface area (Å²) in [4.78, 5) is 18.8. The summed E-state index contributed by atoms with van der Waals surface area (Å²) in [5.41, 5.74) is 1.86. The lowest BCUT2D eigenvalue weighted by Crippen LogP contribution is -2.54. The second kappa shape index (κ2) is 7.06. The molecule has 4 heterocycles. The van der Waals surface area contributed by atoms with Crippen LogP contribution in [0.1, 0.15) is 41.9 Å². The van der Waals surface area contributed by atoms with Gasteiger partial charge in [-0.15, -0.1) is 6.58 Å². The van der Waals surface area contributed by atoms with Crippen LogP contribution in [0.25, 0.3) is 10.9 Å². The van der Waals surface area contributed by atoms with Gasteiger partial charge in [-0.3, -0.25) is 9.69 Å². The number of hydrogen-bond donors (Lipinski definition) is 1. The first-order chi connectivity index (χ1) is 13.0. The van der Waals surface area contributed by atoms with E-state index < -0.39 is 6.10 Å². The summed E-state index contributed by atoms with van der Waals surface area (Å²) in [5, 5.41) is 12.2. The molecule has 142 valence electrons. The number of nitrogens with zero attached hydrogens (tertiary/aromatic N) is 2. The van der Waals surface area contributed by atoms with E-state index in [0.29, 0.717) is 28.8 Å². The summed E-state index contributed by atoms with van der Waals surface area (Å²) in [6.07, 6.45) is 3.49. The molecule has 0 spiro atoms. The van der Waals surface area contributed by atoms with Gasteiger partial charge in [0.05, 0.1) is 18.7 Å². The Morgan fingerprint density at radius 3 is 2.89 bits per heavy atom. The summed E-state index contributed by atoms with van der Waals surface area (Å²) >= 11 is 0. The fourth-order valence-corrected chi connectivity index (χ4v) is 4.70. The SMILES string of the molecule is C=C[C@H]1CN2CC[C@H]1C[C@@H]2[C@@H](O)c1cc(C(C)=O)nc2ccc(OC)cc12. The average molecular weight is 366 g/mol. The van der Waals surface area contributed by atoms with E-state index >= 15 is 0 Å². The van der Waals surface area contributed by atoms with Crippen LogP contribution in [-0.2, 0) is 0 Å². The number of Topliss-reactive ketones (excluding diaryl/α,β-unsaturated/α-hetero) is 1. The van der Waals surface area contributed by atoms with Crippen molar-refractivity contribution in [3.8, 4) is 5.75 Å². The predicted molar refractivity (Wildman–Crippen MR) is 105 cm³/mol. The van der Waals surface area contributed by atoms with Gasteiger partial charge in [-0.25, -0.2) is 4.98 Å². The Morgan fingerprint density at radius 2 is 2.26 bits per heavy atom. The summed E-state index contributed by atoms with van der Waals surface area (Å²) in [7, 11) is 1.62. The molecule has 0 amide bonds. The van der Waals surface area contributed by atoms with Crippen LogP contribution in [-0.4, -0.2) is 47.0 Å². The molecule has 5 rings (SSSR count). The first-order valence-corrected chi connectivity index (χ1v) is 9.56. The van der Waals surface area contributed by atoms with Crippen LogP contribution in [0.15, 0.2) is 36.9 Å². The first-order valence-electron chi connectivity index (χ1n) is 9.56. The fourth-order valence-electron chi connectivity index (χ4n) is 4.70. The number of aromatic nitrogens is 1. The van der Waals surface area contributed by atoms with E-state index in [2.05, 4.69) is 22.5 Å². The number of benzene rings is 1. The highest BCUT2D eigenvalue weighted by Gasteiger charge is 2.42. The maximum atomic E-state index is 12.0. The summed E-state index contributed by atoms with van der Waals surface area (Å²) < 4.78 is 5.36. The first kappa shape index (κ1) is 18.1. The zero-order valence-electron chi connectivity index (χ0n) is 15.9. The van der Waals surface area contributed by atoms with Crippen molar-refractivity contribution in [1.82, 2.24) is 9.88 Å². The Morgan fingerprint density at radius 1 is 1.44 bits per heavy atom. The van der Waals surface area contributed by atoms with E-state index in [9.17, 15) is 9.90 Å². The second-order valence-corrected chi connectivity index (χ2v) is 7.73. The average Bonchev–Trinajstić information content (AvgIpc) is 2.71. The minimum Gasteiger partial charge on any atom is -0.497 e. The molecule has 5 nitrogen and oxygen atoms in total. The van der Waals surface area contributed by atoms with E-state index in [-0.39, 0.29) is 11.8 Å². The van der Waals surface area contributed by atoms with Gasteiger partial charge in [0, 0.05) is 24.9 Å². The van der Waals surface area contributed by atoms with E-state index in [0.717, 1.165) is 36.9 Å². The molecule has 5 atom stereocenters. The molecule has 1 aromatic heterocycles. The van der Waals surface area contributed by atoms with Crippen LogP contribution in [0, 0.1) is 11.8 Å². The van der Waals surface area contributed by atoms with Crippen molar-refractivity contribution in [1.29, 1.82) is 0 Å². The number of ketones is 1. The van der Waals surface area contributed by atoms with E-state index in [4.69, 9.17) is 4.74 Å². The van der Waals surface area contributed by atoms with Crippen molar-refractivity contribution in [3.05, 3.63) is 48.2 Å². The lowest BCUT2D eigenvalue weighted by atomic mass is 9.73. The quantitative estimate of drug-likeness (QED) is 0.649. The van der Waals surface area contributed by atoms with Crippen LogP contribution in [0.3, 0.4) is 0 Å². The van der Waals surface area contributed by atoms with Gasteiger partial charge < -0.3 is 9.84 Å². The number of ether oxygens (including phenoxy) is 1. The Kier molecular flexibility index (Phi) is 4.74. The Labute approximate surface area is 159 Å². The molecule has 0 aliphatic carbocycles. The third-order valence-corrected chi connectivity index (χ3v) is 6.25. The van der Waals surface area contributed by atoms with Crippen molar-refractivity contribution >= 4 is 16.7 Å². The zero-order valence-corrected chi connectivity index (χ0v) is 15.9. The Balaban J connectivity index is 1.77. The largest absolute Gasteiger partial charge is 0.497 e. The number of fused-ring (bicyclic) bond motifs is 4. The predicted octanol–water partition coefficient (Wildman–Crippen LogP) is 3.38. The van der Waals surface area contributed by atoms with Crippen molar-refractivity contribution in [2.45, 2.75) is 31.9 Å². The molecule has 3 fully saturated rings. The topological polar surface area (TPSA) is 62.7 Å². The van der Waals surface area contributed by atoms with Crippen LogP contribution in [0.4, 0.5) is 0 Å². The maximum Gasteiger partial charge on any atom is 0.178 e. The summed E-state index contributed by atoms with van der Waals surface area (Å²) in [5.74, 6) is 1.69. The minimum atomic E-state index is -0.672. The second-order valence-electron chi connectivity index (χ2n) is 7.73. The normalized spacial score (nSPS) is 28.1. The number of piperidine rings is 3. The van der Waals surface area contributed by atoms with Crippen molar-refractivity contribution in [2.75, 3.05) is 20.2 Å². The lowest BCUT2D eigenvalue weighted by molar-refractivity contribution is -0.0445. The van der Waals surface area contributed by atoms with Gasteiger partial charge in [-0.05, 0) is 61.1 Å². The number of carbonyl (C=O) groups is 1. The van der Waals surface area contributed by atoms with E-state index in [1.807, 2.05) is 18.2 Å². The van der Waals surface area contributed by atoms with E-state index in [1.165, 1.54) is 6.92 Å². The van der Waals surface area contributed by atoms with Crippen LogP contribution in [0.2, 0.25) is 0 Å². The number of methoxy groups -OCH3 is 1. The Bertz CT molecular complexity index is 895. The van der Waals surface area contributed by atoms with Crippen LogP contribution < -0.4 is 4.74 Å². The van der Waals surface area contributed by atoms with Gasteiger partial charge in [0.15, 0.2) is 5.78 Å². The fraction of sp³-hybridized carbons (Fsp3) is 0.455. The highest BCUT2D eigenvalue weighted by Crippen LogP contribution is 2.42. The van der Waals surface area contributed by atoms with Crippen molar-refractivity contribution in [3.63, 3.8) is 0 Å². The van der Waals surface area contributed by atoms with Gasteiger partial charge >= 0.3 is 0 Å². The monoisotopic (exact) mass is 366 g/mol. The smallest absolute Gasteiger partial charge is 0.178 e. The number of pyridine rings is 1. The number of rotatable bonds is 5. The maximum absolute atomic E-state index is 12.0. The number of aliphatic hydroxyl groups excluding tert-OH is 1. The van der Waals surface area contributed by atoms with E-state index in [1.54, 1.807) is 13.2 Å². The molecule has 0 radical (unpaired) electrons. The molecule has 0 saturated carbocycles. The molecule has 3 aliphatic rings. The van der Waals surface area contributed by atoms with Crippen LogP contribution >= 0.6 is 0 Å². The van der Waals surface area contributed by atoms with Gasteiger partial charge in [0.1, 0.15) is 11.4 Å². The Hall–Kier alpha value is -2.24. The number of hydrogen-bond acceptors (Lipinski definition) is 5. The van der Waals surface area contributed by atoms with Crippen molar-refractivity contribution < 1.29 is 14.6 Å². The summed E-state index contributed by atoms with van der Waals surface area (Å²) in [6, 6.07) is 7.38. The van der Waals surface area contributed by atoms with Gasteiger partial charge in [0.2, 0.25) is 0 Å². The summed E-state index contributed by atoms with van der Waals surface area (Å²) in [6.45, 7) is 7.43. The number of carbonyl (C=O) groups excluding carboxylic acids is 1. The highest BCUT2D eigenvalue weighted by atomic mass is 16.5. The van der Waals surface area contributed by atoms with Crippen LogP contribution in [0.5, 0.6) is 5.75 Å². The van der Waals surface area contributed by atoms with Gasteiger partial charge in [-0.2, -0.15) is 0 Å². The molecule has 5 heteroatoms. The number of aliphatic hydroxyl groups is 1. The third-order valence-electron chi connectivity index (χ3n) is 6.25. The molecule has 1 unspecified atom stereocenters. The molecule has 1 N–H and O–H groups in total. The molecule has 2 aromatic rings. The van der Waals surface area contributed by atoms with Gasteiger partial charge in [0.25, 0.3) is 0 Å². The third kappa shape index (κ3) is 3.15. The standard InChI is InChI=1S/C22H26N2O3/c1-4-14-12-24-8-7-15(14)9-21(24)22(26)18-11-20(13(2)25)23-19-6-5-16(27-3)10-17(18)19/h4-6,10-11,14-15,21-22,26H,1,7-9,12H2,2-3H3/t14-,15-,21+,22-/m0/s1. The highest BCUT2D eigenvalue weighted by molar-refractivity contribution is 5.96. The molecule has 1 aromatic carbocycles.